The molecule has 0 saturated heterocycles. The molecule has 1 amide bonds. The first-order valence-electron chi connectivity index (χ1n) is 8.84. The Hall–Kier alpha value is -2.85. The minimum absolute atomic E-state index is 0.169. The van der Waals surface area contributed by atoms with E-state index in [1.165, 1.54) is 23.0 Å². The van der Waals surface area contributed by atoms with Gasteiger partial charge in [0.2, 0.25) is 0 Å². The minimum atomic E-state index is -3.99. The van der Waals surface area contributed by atoms with Gasteiger partial charge in [-0.3, -0.25) is 9.59 Å². The SMILES string of the molecule is COC(=O)Cn1c(=NC(=O)CS(=O)(=O)c2ccc(F)cc2)sc2cc(C)c(C)cc21. The van der Waals surface area contributed by atoms with Crippen LogP contribution in [0.1, 0.15) is 11.1 Å². The molecular formula is C20H19FN2O5S2. The van der Waals surface area contributed by atoms with Crippen LogP contribution in [0.5, 0.6) is 0 Å². The third-order valence-corrected chi connectivity index (χ3v) is 7.18. The van der Waals surface area contributed by atoms with Crippen molar-refractivity contribution in [3.63, 3.8) is 0 Å². The van der Waals surface area contributed by atoms with Crippen LogP contribution in [-0.2, 0) is 30.7 Å². The summed E-state index contributed by atoms with van der Waals surface area (Å²) in [6.07, 6.45) is 0. The molecule has 0 N–H and O–H groups in total. The second-order valence-corrected chi connectivity index (χ2v) is 9.67. The average molecular weight is 451 g/mol. The molecule has 0 fully saturated rings. The summed E-state index contributed by atoms with van der Waals surface area (Å²) >= 11 is 1.17. The maximum atomic E-state index is 13.0. The number of sulfone groups is 1. The first kappa shape index (κ1) is 21.8. The monoisotopic (exact) mass is 450 g/mol. The van der Waals surface area contributed by atoms with Crippen LogP contribution in [0.3, 0.4) is 0 Å². The van der Waals surface area contributed by atoms with Crippen molar-refractivity contribution in [1.29, 1.82) is 0 Å². The number of thiazole rings is 1. The van der Waals surface area contributed by atoms with E-state index in [1.807, 2.05) is 26.0 Å². The zero-order valence-corrected chi connectivity index (χ0v) is 18.1. The van der Waals surface area contributed by atoms with E-state index in [2.05, 4.69) is 4.99 Å². The number of carbonyl (C=O) groups excluding carboxylic acids is 2. The van der Waals surface area contributed by atoms with Gasteiger partial charge in [0.1, 0.15) is 18.1 Å². The van der Waals surface area contributed by atoms with Gasteiger partial charge in [-0.25, -0.2) is 12.8 Å². The topological polar surface area (TPSA) is 94.8 Å². The largest absolute Gasteiger partial charge is 0.468 e. The fraction of sp³-hybridized carbons (Fsp3) is 0.250. The second-order valence-electron chi connectivity index (χ2n) is 6.67. The van der Waals surface area contributed by atoms with Crippen LogP contribution in [0.15, 0.2) is 46.3 Å². The van der Waals surface area contributed by atoms with E-state index in [1.54, 1.807) is 0 Å². The third kappa shape index (κ3) is 4.65. The van der Waals surface area contributed by atoms with E-state index in [4.69, 9.17) is 4.74 Å². The predicted octanol–water partition coefficient (Wildman–Crippen LogP) is 2.53. The molecule has 2 aromatic carbocycles. The molecule has 30 heavy (non-hydrogen) atoms. The molecule has 1 heterocycles. The lowest BCUT2D eigenvalue weighted by Gasteiger charge is -2.05. The summed E-state index contributed by atoms with van der Waals surface area (Å²) < 4.78 is 45.0. The van der Waals surface area contributed by atoms with E-state index >= 15 is 0 Å². The molecule has 158 valence electrons. The maximum absolute atomic E-state index is 13.0. The standard InChI is InChI=1S/C20H19FN2O5S2/c1-12-8-16-17(9-13(12)2)29-20(23(16)10-19(25)28-3)22-18(24)11-30(26,27)15-6-4-14(21)5-7-15/h4-9H,10-11H2,1-3H3. The molecule has 3 aromatic rings. The van der Waals surface area contributed by atoms with Crippen molar-refractivity contribution in [3.05, 3.63) is 58.1 Å². The molecule has 0 bridgehead atoms. The number of carbonyl (C=O) groups is 2. The number of fused-ring (bicyclic) bond motifs is 1. The highest BCUT2D eigenvalue weighted by Crippen LogP contribution is 2.22. The number of halogens is 1. The summed E-state index contributed by atoms with van der Waals surface area (Å²) in [6.45, 7) is 3.69. The van der Waals surface area contributed by atoms with Crippen LogP contribution in [0, 0.1) is 19.7 Å². The van der Waals surface area contributed by atoms with Crippen molar-refractivity contribution in [1.82, 2.24) is 4.57 Å². The van der Waals surface area contributed by atoms with Gasteiger partial charge >= 0.3 is 5.97 Å². The van der Waals surface area contributed by atoms with Crippen molar-refractivity contribution in [2.24, 2.45) is 4.99 Å². The van der Waals surface area contributed by atoms with Crippen LogP contribution in [0.4, 0.5) is 4.39 Å². The number of nitrogens with zero attached hydrogens (tertiary/aromatic N) is 2. The smallest absolute Gasteiger partial charge is 0.325 e. The Bertz CT molecular complexity index is 1310. The third-order valence-electron chi connectivity index (χ3n) is 4.52. The number of hydrogen-bond acceptors (Lipinski definition) is 6. The van der Waals surface area contributed by atoms with Crippen LogP contribution in [-0.4, -0.2) is 37.7 Å². The fourth-order valence-electron chi connectivity index (χ4n) is 2.78. The summed E-state index contributed by atoms with van der Waals surface area (Å²) in [5, 5.41) is 0. The molecule has 0 radical (unpaired) electrons. The Morgan fingerprint density at radius 1 is 1.13 bits per heavy atom. The predicted molar refractivity (Wildman–Crippen MR) is 110 cm³/mol. The Morgan fingerprint density at radius 3 is 2.40 bits per heavy atom. The number of benzene rings is 2. The molecule has 0 unspecified atom stereocenters. The van der Waals surface area contributed by atoms with Crippen LogP contribution >= 0.6 is 11.3 Å². The summed E-state index contributed by atoms with van der Waals surface area (Å²) in [6, 6.07) is 8.01. The van der Waals surface area contributed by atoms with Gasteiger partial charge in [0.25, 0.3) is 5.91 Å². The highest BCUT2D eigenvalue weighted by atomic mass is 32.2. The highest BCUT2D eigenvalue weighted by molar-refractivity contribution is 7.92. The molecule has 1 aromatic heterocycles. The molecule has 0 spiro atoms. The first-order chi connectivity index (χ1) is 14.1. The summed E-state index contributed by atoms with van der Waals surface area (Å²) in [5.41, 5.74) is 2.72. The maximum Gasteiger partial charge on any atom is 0.325 e. The van der Waals surface area contributed by atoms with E-state index < -0.39 is 33.3 Å². The van der Waals surface area contributed by atoms with E-state index in [0.717, 1.165) is 40.1 Å². The van der Waals surface area contributed by atoms with Gasteiger partial charge in [-0.05, 0) is 61.4 Å². The van der Waals surface area contributed by atoms with Gasteiger partial charge in [-0.1, -0.05) is 11.3 Å². The van der Waals surface area contributed by atoms with E-state index in [9.17, 15) is 22.4 Å². The molecule has 0 atom stereocenters. The first-order valence-corrected chi connectivity index (χ1v) is 11.3. The summed E-state index contributed by atoms with van der Waals surface area (Å²) in [5.74, 6) is -2.87. The zero-order chi connectivity index (χ0) is 22.1. The van der Waals surface area contributed by atoms with Gasteiger partial charge < -0.3 is 9.30 Å². The minimum Gasteiger partial charge on any atom is -0.468 e. The van der Waals surface area contributed by atoms with Crippen LogP contribution in [0.2, 0.25) is 0 Å². The number of esters is 1. The van der Waals surface area contributed by atoms with Crippen molar-refractivity contribution < 1.29 is 27.1 Å². The number of rotatable bonds is 5. The van der Waals surface area contributed by atoms with Crippen molar-refractivity contribution in [2.75, 3.05) is 12.9 Å². The summed E-state index contributed by atoms with van der Waals surface area (Å²) in [4.78, 5) is 28.3. The second kappa shape index (κ2) is 8.49. The number of aromatic nitrogens is 1. The quantitative estimate of drug-likeness (QED) is 0.440. The van der Waals surface area contributed by atoms with Gasteiger partial charge in [-0.15, -0.1) is 0 Å². The Balaban J connectivity index is 2.03. The van der Waals surface area contributed by atoms with Crippen LogP contribution in [0.25, 0.3) is 10.2 Å². The molecule has 10 heteroatoms. The number of methoxy groups -OCH3 is 1. The summed E-state index contributed by atoms with van der Waals surface area (Å²) in [7, 11) is -2.73. The average Bonchev–Trinajstić information content (AvgIpc) is 2.97. The van der Waals surface area contributed by atoms with Gasteiger partial charge in [0, 0.05) is 0 Å². The van der Waals surface area contributed by atoms with E-state index in [0.29, 0.717) is 5.52 Å². The Morgan fingerprint density at radius 2 is 1.77 bits per heavy atom. The molecule has 7 nitrogen and oxygen atoms in total. The Labute approximate surface area is 176 Å². The van der Waals surface area contributed by atoms with E-state index in [-0.39, 0.29) is 16.2 Å². The lowest BCUT2D eigenvalue weighted by atomic mass is 10.1. The van der Waals surface area contributed by atoms with Crippen LogP contribution < -0.4 is 4.80 Å². The molecule has 0 saturated carbocycles. The van der Waals surface area contributed by atoms with Crippen molar-refractivity contribution >= 4 is 43.3 Å². The fourth-order valence-corrected chi connectivity index (χ4v) is 5.01. The molecule has 3 rings (SSSR count). The number of amides is 1. The van der Waals surface area contributed by atoms with Gasteiger partial charge in [0.15, 0.2) is 14.6 Å². The number of ether oxygens (including phenoxy) is 1. The molecule has 0 aliphatic carbocycles. The van der Waals surface area contributed by atoms with Gasteiger partial charge in [-0.2, -0.15) is 4.99 Å². The normalized spacial score (nSPS) is 12.3. The number of aryl methyl sites for hydroxylation is 2. The molecule has 0 aliphatic heterocycles. The lowest BCUT2D eigenvalue weighted by molar-refractivity contribution is -0.141. The highest BCUT2D eigenvalue weighted by Gasteiger charge is 2.20. The lowest BCUT2D eigenvalue weighted by Crippen LogP contribution is -2.24. The number of hydrogen-bond donors (Lipinski definition) is 0. The Kier molecular flexibility index (Phi) is 6.18. The molecule has 0 aliphatic rings. The van der Waals surface area contributed by atoms with Gasteiger partial charge in [0.05, 0.1) is 22.2 Å². The van der Waals surface area contributed by atoms with Crippen molar-refractivity contribution in [2.45, 2.75) is 25.3 Å². The molecular weight excluding hydrogens is 431 g/mol. The van der Waals surface area contributed by atoms with Crippen molar-refractivity contribution in [3.8, 4) is 0 Å². The zero-order valence-electron chi connectivity index (χ0n) is 16.5.